The number of carboxylic acids is 1. The van der Waals surface area contributed by atoms with Crippen LogP contribution in [0.1, 0.15) is 39.3 Å². The van der Waals surface area contributed by atoms with Crippen LogP contribution in [-0.2, 0) is 25.6 Å². The second kappa shape index (κ2) is 22.2. The Balaban J connectivity index is 0.800. The molecule has 1 aliphatic heterocycles. The van der Waals surface area contributed by atoms with Gasteiger partial charge in [-0.05, 0) is 78.8 Å². The van der Waals surface area contributed by atoms with Crippen LogP contribution in [0, 0.1) is 0 Å². The van der Waals surface area contributed by atoms with Gasteiger partial charge in [0, 0.05) is 42.0 Å². The van der Waals surface area contributed by atoms with Gasteiger partial charge in [0.1, 0.15) is 19.1 Å². The van der Waals surface area contributed by atoms with E-state index in [1.54, 1.807) is 42.5 Å². The molecule has 1 saturated heterocycles. The lowest BCUT2D eigenvalue weighted by Crippen LogP contribution is -2.58. The average molecular weight is 983 g/mol. The highest BCUT2D eigenvalue weighted by Crippen LogP contribution is 2.33. The van der Waals surface area contributed by atoms with Gasteiger partial charge >= 0.3 is 17.8 Å². The van der Waals surface area contributed by atoms with Crippen LogP contribution in [0.3, 0.4) is 0 Å². The van der Waals surface area contributed by atoms with Crippen molar-refractivity contribution in [2.24, 2.45) is 0 Å². The lowest BCUT2D eigenvalue weighted by Gasteiger charge is -2.37. The summed E-state index contributed by atoms with van der Waals surface area (Å²) in [6.45, 7) is 1.94. The summed E-state index contributed by atoms with van der Waals surface area (Å²) < 4.78 is 18.1. The minimum absolute atomic E-state index is 0.0397. The number of para-hydroxylation sites is 1. The summed E-state index contributed by atoms with van der Waals surface area (Å²) in [5, 5.41) is 24.4. The molecule has 0 spiro atoms. The van der Waals surface area contributed by atoms with Crippen molar-refractivity contribution in [2.75, 3.05) is 62.5 Å². The SMILES string of the molecule is Nc1nc2ncc(CNc3ccc(C(=O)NC(CCC(=O)O)C(=O)NCCNC(=S)Nc4ccc(C(=O)OC[N+]5(c6cc(=O)c7cccc(-c8ccccc8)c7o6)CCOCC5)cc4)cc3)nc2c(=O)[nH]1. The Morgan fingerprint density at radius 1 is 0.873 bits per heavy atom. The number of anilines is 3. The third-order valence-electron chi connectivity index (χ3n) is 11.5. The number of aromatic amines is 1. The van der Waals surface area contributed by atoms with E-state index in [-0.39, 0.29) is 82.5 Å². The number of rotatable bonds is 18. The fourth-order valence-corrected chi connectivity index (χ4v) is 7.95. The molecule has 71 heavy (non-hydrogen) atoms. The normalized spacial score (nSPS) is 13.4. The molecule has 1 unspecified atom stereocenters. The first-order valence-corrected chi connectivity index (χ1v) is 22.8. The Morgan fingerprint density at radius 2 is 1.59 bits per heavy atom. The number of H-pyrrole nitrogens is 1. The van der Waals surface area contributed by atoms with Crippen molar-refractivity contribution in [2.45, 2.75) is 25.4 Å². The zero-order valence-corrected chi connectivity index (χ0v) is 38.8. The van der Waals surface area contributed by atoms with E-state index >= 15 is 0 Å². The zero-order chi connectivity index (χ0) is 49.9. The molecule has 0 aliphatic carbocycles. The predicted molar refractivity (Wildman–Crippen MR) is 268 cm³/mol. The summed E-state index contributed by atoms with van der Waals surface area (Å²) in [6.07, 6.45) is 0.931. The number of hydrogen-bond donors (Lipinski definition) is 8. The number of nitrogens with one attached hydrogen (secondary N) is 6. The molecule has 1 fully saturated rings. The molecule has 9 N–H and O–H groups in total. The second-order valence-electron chi connectivity index (χ2n) is 16.4. The van der Waals surface area contributed by atoms with Crippen LogP contribution in [-0.4, -0.2) is 106 Å². The number of morpholine rings is 1. The number of carbonyl (C=O) groups is 4. The number of carbonyl (C=O) groups excluding carboxylic acids is 3. The van der Waals surface area contributed by atoms with E-state index in [1.807, 2.05) is 42.5 Å². The van der Waals surface area contributed by atoms with Gasteiger partial charge in [-0.3, -0.25) is 29.0 Å². The largest absolute Gasteiger partial charge is 0.481 e. The summed E-state index contributed by atoms with van der Waals surface area (Å²) in [7, 11) is 0. The van der Waals surface area contributed by atoms with E-state index < -0.39 is 35.4 Å². The quantitative estimate of drug-likeness (QED) is 0.0262. The molecule has 364 valence electrons. The second-order valence-corrected chi connectivity index (χ2v) is 16.8. The Morgan fingerprint density at radius 3 is 2.34 bits per heavy atom. The number of carboxylic acid groups (broad SMARTS) is 1. The van der Waals surface area contributed by atoms with Crippen molar-refractivity contribution in [3.63, 3.8) is 0 Å². The van der Waals surface area contributed by atoms with Crippen molar-refractivity contribution in [1.82, 2.24) is 40.4 Å². The number of aromatic nitrogens is 4. The minimum atomic E-state index is -1.15. The van der Waals surface area contributed by atoms with Crippen molar-refractivity contribution in [3.05, 3.63) is 147 Å². The van der Waals surface area contributed by atoms with E-state index in [4.69, 9.17) is 31.8 Å². The third kappa shape index (κ3) is 12.2. The number of quaternary nitrogens is 1. The molecule has 21 nitrogen and oxygen atoms in total. The molecule has 1 aliphatic rings. The Labute approximate surface area is 409 Å². The number of benzene rings is 4. The van der Waals surface area contributed by atoms with E-state index in [2.05, 4.69) is 46.5 Å². The molecule has 8 rings (SSSR count). The number of ether oxygens (including phenoxy) is 2. The number of nitrogens with two attached hydrogens (primary N) is 1. The standard InChI is InChI=1S/C49H47N11O10S/c50-48-58-43-41(46(66)59-48)55-34(27-54-43)26-53-32-13-9-30(10-14-32)44(64)57-37(17-18-40(62)63)45(65)51-19-20-52-49(71)56-33-15-11-31(12-16-33)47(67)69-28-60(21-23-68-24-22-60)39-25-38(61)36-8-4-7-35(42(36)70-39)29-5-2-1-3-6-29/h1-16,25,27,37H,17-24,26,28H2,(H8-,50,51,52,53,54,56,57,58,59,62,63,64,65,66,67,71)/p+1. The smallest absolute Gasteiger partial charge is 0.342 e. The predicted octanol–water partition coefficient (Wildman–Crippen LogP) is 3.90. The minimum Gasteiger partial charge on any atom is -0.481 e. The molecule has 4 heterocycles. The van der Waals surface area contributed by atoms with E-state index in [9.17, 15) is 33.9 Å². The Hall–Kier alpha value is -8.60. The van der Waals surface area contributed by atoms with Crippen molar-refractivity contribution < 1.29 is 38.2 Å². The first-order chi connectivity index (χ1) is 34.3. The van der Waals surface area contributed by atoms with Gasteiger partial charge in [0.2, 0.25) is 18.6 Å². The van der Waals surface area contributed by atoms with Gasteiger partial charge in [0.15, 0.2) is 27.3 Å². The number of hydrogen-bond acceptors (Lipinski definition) is 15. The average Bonchev–Trinajstić information content (AvgIpc) is 3.38. The molecule has 2 amide bonds. The molecule has 1 atom stereocenters. The van der Waals surface area contributed by atoms with Crippen LogP contribution in [0.5, 0.6) is 0 Å². The van der Waals surface area contributed by atoms with Gasteiger partial charge in [-0.25, -0.2) is 19.2 Å². The number of esters is 1. The number of thiocarbonyl (C=S) groups is 1. The van der Waals surface area contributed by atoms with Gasteiger partial charge in [-0.2, -0.15) is 4.98 Å². The number of nitrogen functional groups attached to an aromatic ring is 1. The molecule has 7 aromatic rings. The number of amides is 2. The monoisotopic (exact) mass is 982 g/mol. The highest BCUT2D eigenvalue weighted by molar-refractivity contribution is 7.80. The first-order valence-electron chi connectivity index (χ1n) is 22.4. The van der Waals surface area contributed by atoms with E-state index in [0.717, 1.165) is 11.1 Å². The van der Waals surface area contributed by atoms with E-state index in [1.165, 1.54) is 24.4 Å². The summed E-state index contributed by atoms with van der Waals surface area (Å²) in [6, 6.07) is 28.2. The molecule has 3 aromatic heterocycles. The molecule has 0 saturated carbocycles. The fraction of sp³-hybridized carbons (Fsp3) is 0.224. The lowest BCUT2D eigenvalue weighted by atomic mass is 10.0. The van der Waals surface area contributed by atoms with Gasteiger partial charge in [0.05, 0.1) is 48.7 Å². The fourth-order valence-electron chi connectivity index (χ4n) is 7.73. The molecular weight excluding hydrogens is 935 g/mol. The van der Waals surface area contributed by atoms with Crippen molar-refractivity contribution in [3.8, 4) is 11.1 Å². The maximum absolute atomic E-state index is 13.5. The molecule has 22 heteroatoms. The number of aliphatic carboxylic acids is 1. The summed E-state index contributed by atoms with van der Waals surface area (Å²) in [4.78, 5) is 91.6. The highest BCUT2D eigenvalue weighted by atomic mass is 32.1. The summed E-state index contributed by atoms with van der Waals surface area (Å²) in [5.74, 6) is -2.59. The van der Waals surface area contributed by atoms with Gasteiger partial charge < -0.3 is 51.3 Å². The topological polar surface area (TPSA) is 295 Å². The van der Waals surface area contributed by atoms with Crippen molar-refractivity contribution in [1.29, 1.82) is 0 Å². The van der Waals surface area contributed by atoms with Crippen LogP contribution >= 0.6 is 12.2 Å². The van der Waals surface area contributed by atoms with Gasteiger partial charge in [-0.15, -0.1) is 0 Å². The first kappa shape index (κ1) is 48.8. The lowest BCUT2D eigenvalue weighted by molar-refractivity contribution is -0.137. The number of fused-ring (bicyclic) bond motifs is 2. The highest BCUT2D eigenvalue weighted by Gasteiger charge is 2.38. The summed E-state index contributed by atoms with van der Waals surface area (Å²) in [5.41, 5.74) is 9.27. The molecule has 0 bridgehead atoms. The maximum Gasteiger partial charge on any atom is 0.342 e. The zero-order valence-electron chi connectivity index (χ0n) is 37.9. The van der Waals surface area contributed by atoms with Gasteiger partial charge in [-0.1, -0.05) is 42.5 Å². The molecule has 4 aromatic carbocycles. The van der Waals surface area contributed by atoms with Crippen molar-refractivity contribution >= 4 is 86.4 Å². The number of nitrogens with zero attached hydrogens (tertiary/aromatic N) is 4. The van der Waals surface area contributed by atoms with Crippen LogP contribution in [0.25, 0.3) is 33.3 Å². The van der Waals surface area contributed by atoms with Crippen LogP contribution in [0.2, 0.25) is 0 Å². The summed E-state index contributed by atoms with van der Waals surface area (Å²) >= 11 is 5.43. The Kier molecular flexibility index (Phi) is 15.3. The van der Waals surface area contributed by atoms with Gasteiger partial charge in [0.25, 0.3) is 11.5 Å². The van der Waals surface area contributed by atoms with E-state index in [0.29, 0.717) is 60.2 Å². The maximum atomic E-state index is 13.5. The van der Waals surface area contributed by atoms with Crippen LogP contribution in [0.15, 0.2) is 123 Å². The Bertz CT molecular complexity index is 3220. The van der Waals surface area contributed by atoms with Crippen LogP contribution in [0.4, 0.5) is 23.2 Å². The third-order valence-corrected chi connectivity index (χ3v) is 11.8. The molecule has 0 radical (unpaired) electrons. The molecular formula is C49H48N11O10S+. The van der Waals surface area contributed by atoms with Crippen LogP contribution < -0.4 is 47.8 Å².